The summed E-state index contributed by atoms with van der Waals surface area (Å²) in [6.45, 7) is 3.20. The van der Waals surface area contributed by atoms with Crippen molar-refractivity contribution in [3.05, 3.63) is 59.9 Å². The molecule has 0 N–H and O–H groups in total. The second-order valence-corrected chi connectivity index (χ2v) is 5.41. The lowest BCUT2D eigenvalue weighted by molar-refractivity contribution is -0.479. The number of hydrogen-bond donors (Lipinski definition) is 0. The van der Waals surface area contributed by atoms with Gasteiger partial charge in [0.25, 0.3) is 5.65 Å². The van der Waals surface area contributed by atoms with Crippen LogP contribution in [0.2, 0.25) is 0 Å². The Morgan fingerprint density at radius 3 is 2.79 bits per heavy atom. The molecule has 0 fully saturated rings. The Balaban J connectivity index is 2.28. The molecule has 0 unspecified atom stereocenters. The highest BCUT2D eigenvalue weighted by atomic mass is 15.1. The van der Waals surface area contributed by atoms with Crippen LogP contribution in [-0.4, -0.2) is 4.57 Å². The monoisotopic (exact) mass is 245 g/mol. The van der Waals surface area contributed by atoms with Gasteiger partial charge in [0.15, 0.2) is 0 Å². The van der Waals surface area contributed by atoms with E-state index in [-0.39, 0.29) is 0 Å². The van der Waals surface area contributed by atoms with Crippen LogP contribution in [0.4, 0.5) is 0 Å². The standard InChI is InChI=1S/C17H13N2/c1-11-9-19-15-8-3-2-6-13(15)14-7-4-5-12-10-18(11)17(19)16(12)14/h2-9H,10H2,1H3/q+1. The van der Waals surface area contributed by atoms with Crippen LogP contribution in [0.15, 0.2) is 48.7 Å². The van der Waals surface area contributed by atoms with E-state index in [1.54, 1.807) is 0 Å². The lowest BCUT2D eigenvalue weighted by Gasteiger charge is -2.02. The van der Waals surface area contributed by atoms with E-state index < -0.39 is 0 Å². The molecule has 0 atom stereocenters. The van der Waals surface area contributed by atoms with Crippen LogP contribution >= 0.6 is 0 Å². The summed E-state index contributed by atoms with van der Waals surface area (Å²) in [4.78, 5) is 0. The first kappa shape index (κ1) is 9.56. The number of para-hydroxylation sites is 1. The molecule has 0 radical (unpaired) electrons. The van der Waals surface area contributed by atoms with Crippen molar-refractivity contribution in [2.45, 2.75) is 13.5 Å². The van der Waals surface area contributed by atoms with Crippen molar-refractivity contribution in [3.8, 4) is 0 Å². The molecule has 2 aromatic carbocycles. The maximum absolute atomic E-state index is 2.42. The quantitative estimate of drug-likeness (QED) is 0.293. The Hall–Kier alpha value is -2.35. The summed E-state index contributed by atoms with van der Waals surface area (Å²) in [5.74, 6) is 0. The van der Waals surface area contributed by atoms with Gasteiger partial charge in [0.05, 0.1) is 5.39 Å². The number of hydrogen-bond acceptors (Lipinski definition) is 0. The molecule has 5 rings (SSSR count). The van der Waals surface area contributed by atoms with Gasteiger partial charge in [0.1, 0.15) is 24.0 Å². The second-order valence-electron chi connectivity index (χ2n) is 5.41. The van der Waals surface area contributed by atoms with E-state index in [2.05, 4.69) is 64.6 Å². The van der Waals surface area contributed by atoms with E-state index in [0.29, 0.717) is 0 Å². The average molecular weight is 245 g/mol. The minimum Gasteiger partial charge on any atom is -0.223 e. The van der Waals surface area contributed by atoms with E-state index in [0.717, 1.165) is 6.54 Å². The second kappa shape index (κ2) is 2.97. The molecule has 0 saturated heterocycles. The predicted molar refractivity (Wildman–Crippen MR) is 76.4 cm³/mol. The van der Waals surface area contributed by atoms with E-state index in [1.165, 1.54) is 38.6 Å². The van der Waals surface area contributed by atoms with Crippen molar-refractivity contribution in [1.29, 1.82) is 0 Å². The van der Waals surface area contributed by atoms with Crippen LogP contribution in [0.3, 0.4) is 0 Å². The van der Waals surface area contributed by atoms with Crippen molar-refractivity contribution in [2.24, 2.45) is 0 Å². The molecular formula is C17H13N2+. The first-order chi connectivity index (χ1) is 9.34. The summed E-state index contributed by atoms with van der Waals surface area (Å²) >= 11 is 0. The van der Waals surface area contributed by atoms with Gasteiger partial charge in [-0.25, -0.2) is 4.57 Å². The minimum atomic E-state index is 1.01. The van der Waals surface area contributed by atoms with E-state index in [1.807, 2.05) is 0 Å². The van der Waals surface area contributed by atoms with Crippen LogP contribution in [0.1, 0.15) is 11.3 Å². The number of fused-ring (bicyclic) bond motifs is 3. The third kappa shape index (κ3) is 0.976. The van der Waals surface area contributed by atoms with Crippen LogP contribution in [-0.2, 0) is 6.54 Å². The molecule has 0 saturated carbocycles. The lowest BCUT2D eigenvalue weighted by Crippen LogP contribution is -2.20. The number of rotatable bonds is 0. The van der Waals surface area contributed by atoms with Gasteiger partial charge < -0.3 is 0 Å². The number of benzene rings is 2. The molecule has 4 aromatic rings. The molecule has 19 heavy (non-hydrogen) atoms. The Morgan fingerprint density at radius 1 is 1.00 bits per heavy atom. The summed E-state index contributed by atoms with van der Waals surface area (Å²) in [7, 11) is 0. The van der Waals surface area contributed by atoms with Gasteiger partial charge in [-0.15, -0.1) is 0 Å². The van der Waals surface area contributed by atoms with Crippen LogP contribution in [0.5, 0.6) is 0 Å². The molecule has 1 aliphatic heterocycles. The fraction of sp³-hybridized carbons (Fsp3) is 0.118. The zero-order valence-electron chi connectivity index (χ0n) is 10.7. The topological polar surface area (TPSA) is 9.03 Å². The zero-order chi connectivity index (χ0) is 12.6. The van der Waals surface area contributed by atoms with Crippen molar-refractivity contribution in [2.75, 3.05) is 0 Å². The van der Waals surface area contributed by atoms with Crippen molar-refractivity contribution in [3.63, 3.8) is 0 Å². The molecule has 2 nitrogen and oxygen atoms in total. The van der Waals surface area contributed by atoms with E-state index in [4.69, 9.17) is 0 Å². The van der Waals surface area contributed by atoms with Gasteiger partial charge >= 0.3 is 0 Å². The first-order valence-corrected chi connectivity index (χ1v) is 6.68. The Kier molecular flexibility index (Phi) is 1.49. The summed E-state index contributed by atoms with van der Waals surface area (Å²) < 4.78 is 4.77. The van der Waals surface area contributed by atoms with Gasteiger partial charge in [0.2, 0.25) is 0 Å². The number of aromatic nitrogens is 2. The third-order valence-corrected chi connectivity index (χ3v) is 4.38. The Morgan fingerprint density at radius 2 is 1.84 bits per heavy atom. The number of pyridine rings is 1. The molecule has 0 aliphatic carbocycles. The van der Waals surface area contributed by atoms with Gasteiger partial charge in [-0.1, -0.05) is 36.4 Å². The molecule has 0 amide bonds. The van der Waals surface area contributed by atoms with E-state index >= 15 is 0 Å². The lowest BCUT2D eigenvalue weighted by atomic mass is 10.0. The maximum Gasteiger partial charge on any atom is 0.295 e. The van der Waals surface area contributed by atoms with Crippen LogP contribution in [0, 0.1) is 6.92 Å². The summed E-state index contributed by atoms with van der Waals surface area (Å²) in [5.41, 5.74) is 5.42. The summed E-state index contributed by atoms with van der Waals surface area (Å²) in [5, 5.41) is 4.15. The number of imidazole rings is 1. The molecule has 0 bridgehead atoms. The van der Waals surface area contributed by atoms with Gasteiger partial charge in [-0.05, 0) is 6.07 Å². The SMILES string of the molecule is Cc1c[n+]2c3ccccc3c3cccc4c3c2n1C4. The molecule has 3 heterocycles. The molecule has 2 aromatic heterocycles. The Labute approximate surface area is 110 Å². The highest BCUT2D eigenvalue weighted by molar-refractivity contribution is 6.11. The van der Waals surface area contributed by atoms with Gasteiger partial charge in [0, 0.05) is 23.3 Å². The average Bonchev–Trinajstić information content (AvgIpc) is 2.97. The highest BCUT2D eigenvalue weighted by Crippen LogP contribution is 2.34. The van der Waals surface area contributed by atoms with Crippen molar-refractivity contribution >= 4 is 27.3 Å². The zero-order valence-corrected chi connectivity index (χ0v) is 10.7. The summed E-state index contributed by atoms with van der Waals surface area (Å²) in [6, 6.07) is 15.4. The predicted octanol–water partition coefficient (Wildman–Crippen LogP) is 3.20. The third-order valence-electron chi connectivity index (χ3n) is 4.38. The Bertz CT molecular complexity index is 993. The maximum atomic E-state index is 2.42. The van der Waals surface area contributed by atoms with Crippen LogP contribution < -0.4 is 4.40 Å². The van der Waals surface area contributed by atoms with Crippen molar-refractivity contribution < 1.29 is 4.40 Å². The molecular weight excluding hydrogens is 232 g/mol. The first-order valence-electron chi connectivity index (χ1n) is 6.68. The number of aryl methyl sites for hydroxylation is 1. The fourth-order valence-corrected chi connectivity index (χ4v) is 3.56. The molecule has 90 valence electrons. The van der Waals surface area contributed by atoms with E-state index in [9.17, 15) is 0 Å². The smallest absolute Gasteiger partial charge is 0.223 e. The minimum absolute atomic E-state index is 1.01. The normalized spacial score (nSPS) is 13.3. The molecule has 0 spiro atoms. The van der Waals surface area contributed by atoms with Gasteiger partial charge in [-0.2, -0.15) is 4.40 Å². The van der Waals surface area contributed by atoms with Crippen molar-refractivity contribution in [1.82, 2.24) is 4.57 Å². The highest BCUT2D eigenvalue weighted by Gasteiger charge is 2.28. The van der Waals surface area contributed by atoms with Gasteiger partial charge in [-0.3, -0.25) is 0 Å². The fourth-order valence-electron chi connectivity index (χ4n) is 3.56. The molecule has 2 heteroatoms. The summed E-state index contributed by atoms with van der Waals surface area (Å²) in [6.07, 6.45) is 2.26. The van der Waals surface area contributed by atoms with Crippen LogP contribution in [0.25, 0.3) is 27.3 Å². The number of nitrogens with zero attached hydrogens (tertiary/aromatic N) is 2. The molecule has 1 aliphatic rings. The largest absolute Gasteiger partial charge is 0.295 e.